The zero-order valence-electron chi connectivity index (χ0n) is 18.5. The topological polar surface area (TPSA) is 70.9 Å². The van der Waals surface area contributed by atoms with Gasteiger partial charge in [-0.05, 0) is 52.2 Å². The summed E-state index contributed by atoms with van der Waals surface area (Å²) in [6.45, 7) is 13.6. The molecule has 2 amide bonds. The fraction of sp³-hybridized carbons (Fsp3) is 0.696. The largest absolute Gasteiger partial charge is 0.335 e. The maximum absolute atomic E-state index is 12.6. The van der Waals surface area contributed by atoms with Gasteiger partial charge in [-0.1, -0.05) is 12.7 Å². The number of carbonyl (C=O) groups is 2. The Balaban J connectivity index is 1.49. The van der Waals surface area contributed by atoms with E-state index in [9.17, 15) is 14.9 Å². The third-order valence-corrected chi connectivity index (χ3v) is 6.85. The molecular weight excluding hydrogens is 378 g/mol. The fourth-order valence-electron chi connectivity index (χ4n) is 5.11. The third kappa shape index (κ3) is 4.76. The van der Waals surface area contributed by atoms with Crippen LogP contribution in [0.15, 0.2) is 24.8 Å². The van der Waals surface area contributed by atoms with Gasteiger partial charge in [-0.15, -0.1) is 0 Å². The van der Waals surface area contributed by atoms with Crippen molar-refractivity contribution in [2.75, 3.05) is 32.7 Å². The number of likely N-dealkylation sites (tertiary alicyclic amines) is 1. The Hall–Kier alpha value is -2.17. The predicted molar refractivity (Wildman–Crippen MR) is 116 cm³/mol. The van der Waals surface area contributed by atoms with Gasteiger partial charge in [-0.25, -0.2) is 0 Å². The Morgan fingerprint density at radius 2 is 1.77 bits per heavy atom. The van der Waals surface area contributed by atoms with Gasteiger partial charge in [-0.3, -0.25) is 19.4 Å². The minimum absolute atomic E-state index is 0.00711. The van der Waals surface area contributed by atoms with Gasteiger partial charge in [0.1, 0.15) is 6.04 Å². The van der Waals surface area contributed by atoms with Crippen molar-refractivity contribution in [3.8, 4) is 6.07 Å². The van der Waals surface area contributed by atoms with Crippen molar-refractivity contribution < 1.29 is 9.59 Å². The predicted octanol–water partition coefficient (Wildman–Crippen LogP) is 1.63. The van der Waals surface area contributed by atoms with Crippen molar-refractivity contribution in [2.24, 2.45) is 0 Å². The van der Waals surface area contributed by atoms with Crippen molar-refractivity contribution in [3.63, 3.8) is 0 Å². The van der Waals surface area contributed by atoms with Gasteiger partial charge in [0.25, 0.3) is 0 Å². The molecule has 0 radical (unpaired) electrons. The van der Waals surface area contributed by atoms with E-state index in [1.165, 1.54) is 6.08 Å². The van der Waals surface area contributed by atoms with Gasteiger partial charge in [0.15, 0.2) is 0 Å². The summed E-state index contributed by atoms with van der Waals surface area (Å²) in [5.74, 6) is 0.0425. The molecule has 0 saturated carbocycles. The Bertz CT molecular complexity index is 714. The molecule has 0 N–H and O–H groups in total. The number of nitriles is 1. The molecule has 4 unspecified atom stereocenters. The Labute approximate surface area is 180 Å². The van der Waals surface area contributed by atoms with Crippen molar-refractivity contribution in [2.45, 2.75) is 70.2 Å². The molecular formula is C23H35N5O2. The maximum atomic E-state index is 12.6. The second-order valence-corrected chi connectivity index (χ2v) is 9.04. The van der Waals surface area contributed by atoms with Crippen LogP contribution in [0.25, 0.3) is 0 Å². The van der Waals surface area contributed by atoms with E-state index in [-0.39, 0.29) is 29.9 Å². The molecule has 3 fully saturated rings. The zero-order valence-corrected chi connectivity index (χ0v) is 18.5. The summed E-state index contributed by atoms with van der Waals surface area (Å²) in [5, 5.41) is 9.44. The summed E-state index contributed by atoms with van der Waals surface area (Å²) >= 11 is 0. The van der Waals surface area contributed by atoms with Crippen LogP contribution in [-0.2, 0) is 9.59 Å². The average Bonchev–Trinajstić information content (AvgIpc) is 3.01. The van der Waals surface area contributed by atoms with E-state index >= 15 is 0 Å². The van der Waals surface area contributed by atoms with Crippen LogP contribution in [-0.4, -0.2) is 94.3 Å². The van der Waals surface area contributed by atoms with Crippen molar-refractivity contribution in [1.29, 1.82) is 5.26 Å². The van der Waals surface area contributed by atoms with Crippen LogP contribution in [0.4, 0.5) is 0 Å². The number of fused-ring (bicyclic) bond motifs is 2. The summed E-state index contributed by atoms with van der Waals surface area (Å²) in [6.07, 6.45) is 7.98. The molecule has 30 heavy (non-hydrogen) atoms. The van der Waals surface area contributed by atoms with Crippen LogP contribution >= 0.6 is 0 Å². The lowest BCUT2D eigenvalue weighted by atomic mass is 10.1. The molecule has 0 aromatic heterocycles. The molecule has 7 heteroatoms. The molecule has 7 nitrogen and oxygen atoms in total. The summed E-state index contributed by atoms with van der Waals surface area (Å²) in [6, 6.07) is 3.29. The highest BCUT2D eigenvalue weighted by molar-refractivity contribution is 5.88. The van der Waals surface area contributed by atoms with E-state index in [1.54, 1.807) is 11.0 Å². The SMILES string of the molecule is C=CC(=O)N1C2CCC1CN(C(C)C/C=C\C(=O)N1CCN(C(C)C)C(C#N)C1)C2. The summed E-state index contributed by atoms with van der Waals surface area (Å²) in [5.41, 5.74) is 0. The number of hydrogen-bond donors (Lipinski definition) is 0. The van der Waals surface area contributed by atoms with Crippen LogP contribution in [0.5, 0.6) is 0 Å². The lowest BCUT2D eigenvalue weighted by Crippen LogP contribution is -2.57. The third-order valence-electron chi connectivity index (χ3n) is 6.85. The summed E-state index contributed by atoms with van der Waals surface area (Å²) < 4.78 is 0. The lowest BCUT2D eigenvalue weighted by Gasteiger charge is -2.43. The van der Waals surface area contributed by atoms with E-state index in [0.29, 0.717) is 25.2 Å². The summed E-state index contributed by atoms with van der Waals surface area (Å²) in [7, 11) is 0. The lowest BCUT2D eigenvalue weighted by molar-refractivity contribution is -0.132. The molecule has 3 saturated heterocycles. The second kappa shape index (κ2) is 9.76. The molecule has 3 aliphatic rings. The van der Waals surface area contributed by atoms with Crippen molar-refractivity contribution >= 4 is 11.8 Å². The van der Waals surface area contributed by atoms with Gasteiger partial charge in [0.2, 0.25) is 11.8 Å². The first-order chi connectivity index (χ1) is 14.3. The van der Waals surface area contributed by atoms with Gasteiger partial charge < -0.3 is 9.80 Å². The van der Waals surface area contributed by atoms with Crippen LogP contribution in [0.2, 0.25) is 0 Å². The Kier molecular flexibility index (Phi) is 7.32. The highest BCUT2D eigenvalue weighted by atomic mass is 16.2. The molecule has 0 spiro atoms. The Morgan fingerprint density at radius 1 is 1.10 bits per heavy atom. The number of hydrogen-bond acceptors (Lipinski definition) is 5. The quantitative estimate of drug-likeness (QED) is 0.619. The first-order valence-corrected chi connectivity index (χ1v) is 11.1. The van der Waals surface area contributed by atoms with Gasteiger partial charge in [-0.2, -0.15) is 5.26 Å². The molecule has 0 aliphatic carbocycles. The highest BCUT2D eigenvalue weighted by Crippen LogP contribution is 2.31. The van der Waals surface area contributed by atoms with Crippen LogP contribution in [0.1, 0.15) is 40.0 Å². The molecule has 2 bridgehead atoms. The fourth-order valence-corrected chi connectivity index (χ4v) is 5.11. The number of piperazine rings is 2. The van der Waals surface area contributed by atoms with E-state index in [2.05, 4.69) is 43.2 Å². The van der Waals surface area contributed by atoms with Crippen molar-refractivity contribution in [3.05, 3.63) is 24.8 Å². The number of amides is 2. The van der Waals surface area contributed by atoms with Crippen LogP contribution in [0.3, 0.4) is 0 Å². The van der Waals surface area contributed by atoms with Gasteiger partial charge in [0, 0.05) is 56.9 Å². The Morgan fingerprint density at radius 3 is 2.33 bits per heavy atom. The van der Waals surface area contributed by atoms with Crippen molar-refractivity contribution in [1.82, 2.24) is 19.6 Å². The molecule has 4 atom stereocenters. The molecule has 164 valence electrons. The average molecular weight is 414 g/mol. The van der Waals surface area contributed by atoms with E-state index in [4.69, 9.17) is 0 Å². The van der Waals surface area contributed by atoms with Crippen LogP contribution < -0.4 is 0 Å². The molecule has 3 aliphatic heterocycles. The first-order valence-electron chi connectivity index (χ1n) is 11.1. The van der Waals surface area contributed by atoms with E-state index in [1.807, 2.05) is 11.0 Å². The molecule has 0 aromatic rings. The standard InChI is InChI=1S/C23H35N5O2/c1-5-22(29)28-19-9-10-20(28)15-26(14-19)18(4)7-6-8-23(30)25-11-12-27(17(2)3)21(13-24)16-25/h5-6,8,17-21H,1,7,9-12,14-16H2,2-4H3/b8-6-. The molecule has 0 aromatic carbocycles. The van der Waals surface area contributed by atoms with E-state index < -0.39 is 0 Å². The first kappa shape index (κ1) is 22.5. The normalized spacial score (nSPS) is 28.7. The molecule has 3 heterocycles. The smallest absolute Gasteiger partial charge is 0.246 e. The molecule has 3 rings (SSSR count). The monoisotopic (exact) mass is 413 g/mol. The van der Waals surface area contributed by atoms with Gasteiger partial charge >= 0.3 is 0 Å². The number of rotatable bonds is 6. The minimum Gasteiger partial charge on any atom is -0.335 e. The maximum Gasteiger partial charge on any atom is 0.246 e. The van der Waals surface area contributed by atoms with Crippen LogP contribution in [0, 0.1) is 11.3 Å². The number of carbonyl (C=O) groups excluding carboxylic acids is 2. The summed E-state index contributed by atoms with van der Waals surface area (Å²) in [4.78, 5) is 33.1. The highest BCUT2D eigenvalue weighted by Gasteiger charge is 2.42. The van der Waals surface area contributed by atoms with Gasteiger partial charge in [0.05, 0.1) is 6.07 Å². The second-order valence-electron chi connectivity index (χ2n) is 9.04. The zero-order chi connectivity index (χ0) is 21.8. The van der Waals surface area contributed by atoms with E-state index in [0.717, 1.165) is 38.9 Å². The number of nitrogens with zero attached hydrogens (tertiary/aromatic N) is 5. The minimum atomic E-state index is -0.236.